The minimum Gasteiger partial charge on any atom is -0.319 e. The molecule has 1 aliphatic rings. The Morgan fingerprint density at radius 3 is 1.76 bits per heavy atom. The molecule has 0 spiro atoms. The molecule has 37 heavy (non-hydrogen) atoms. The predicted octanol–water partition coefficient (Wildman–Crippen LogP) is 7.75. The normalized spacial score (nSPS) is 14.9. The van der Waals surface area contributed by atoms with Crippen LogP contribution in [0.2, 0.25) is 0 Å². The molecule has 0 unspecified atom stereocenters. The van der Waals surface area contributed by atoms with E-state index in [-0.39, 0.29) is 0 Å². The second kappa shape index (κ2) is 12.9. The van der Waals surface area contributed by atoms with Crippen molar-refractivity contribution in [2.24, 2.45) is 0 Å². The minimum atomic E-state index is -0.475. The van der Waals surface area contributed by atoms with Gasteiger partial charge >= 0.3 is 0 Å². The van der Waals surface area contributed by atoms with E-state index in [4.69, 9.17) is 4.98 Å². The van der Waals surface area contributed by atoms with Crippen LogP contribution in [0.15, 0.2) is 104 Å². The summed E-state index contributed by atoms with van der Waals surface area (Å²) >= 11 is 0. The van der Waals surface area contributed by atoms with Crippen LogP contribution in [0.25, 0.3) is 0 Å². The van der Waals surface area contributed by atoms with Gasteiger partial charge in [0.05, 0.1) is 12.0 Å². The lowest BCUT2D eigenvalue weighted by molar-refractivity contribution is 0.449. The number of unbranched alkanes of at least 4 members (excludes halogenated alkanes) is 2. The number of rotatable bonds is 11. The van der Waals surface area contributed by atoms with Gasteiger partial charge in [0.15, 0.2) is 0 Å². The fourth-order valence-corrected chi connectivity index (χ4v) is 6.06. The van der Waals surface area contributed by atoms with Crippen molar-refractivity contribution >= 4 is 0 Å². The highest BCUT2D eigenvalue weighted by molar-refractivity contribution is 5.50. The third kappa shape index (κ3) is 6.05. The molecule has 3 heteroatoms. The Labute approximate surface area is 223 Å². The molecule has 1 N–H and O–H groups in total. The second-order valence-electron chi connectivity index (χ2n) is 10.5. The first kappa shape index (κ1) is 25.5. The topological polar surface area (TPSA) is 29.9 Å². The molecule has 1 fully saturated rings. The number of nitrogens with one attached hydrogen (secondary N) is 1. The molecular weight excluding hydrogens is 450 g/mol. The van der Waals surface area contributed by atoms with Gasteiger partial charge in [-0.25, -0.2) is 4.98 Å². The van der Waals surface area contributed by atoms with Gasteiger partial charge in [-0.15, -0.1) is 0 Å². The molecule has 0 atom stereocenters. The lowest BCUT2D eigenvalue weighted by Gasteiger charge is -2.37. The maximum atomic E-state index is 4.91. The Morgan fingerprint density at radius 1 is 0.676 bits per heavy atom. The van der Waals surface area contributed by atoms with E-state index < -0.39 is 5.54 Å². The first-order valence-electron chi connectivity index (χ1n) is 14.3. The molecule has 1 aliphatic carbocycles. The van der Waals surface area contributed by atoms with Crippen LogP contribution >= 0.6 is 0 Å². The highest BCUT2D eigenvalue weighted by Gasteiger charge is 2.38. The zero-order valence-corrected chi connectivity index (χ0v) is 22.1. The van der Waals surface area contributed by atoms with Crippen LogP contribution in [0.4, 0.5) is 0 Å². The van der Waals surface area contributed by atoms with Crippen molar-refractivity contribution in [3.8, 4) is 0 Å². The van der Waals surface area contributed by atoms with Gasteiger partial charge in [-0.1, -0.05) is 123 Å². The fraction of sp³-hybridized carbons (Fsp3) is 0.382. The maximum Gasteiger partial charge on any atom is 0.121 e. The Hall–Kier alpha value is -3.17. The monoisotopic (exact) mass is 491 g/mol. The van der Waals surface area contributed by atoms with E-state index in [1.54, 1.807) is 0 Å². The number of aromatic nitrogens is 2. The predicted molar refractivity (Wildman–Crippen MR) is 154 cm³/mol. The zero-order valence-electron chi connectivity index (χ0n) is 22.1. The standard InChI is InChI=1S/C34H41N3/c1-2-14-24-32(23-13-1)35-26-16-6-15-25-33-27-37(28-36-33)34(29-17-7-3-8-18-29,30-19-9-4-10-20-30)31-21-11-5-12-22-31/h3-5,7-12,17-22,27-28,32,35H,1-2,6,13-16,23-26H2. The summed E-state index contributed by atoms with van der Waals surface area (Å²) in [6.45, 7) is 1.15. The Kier molecular flexibility index (Phi) is 8.86. The number of hydrogen-bond acceptors (Lipinski definition) is 2. The van der Waals surface area contributed by atoms with Gasteiger partial charge in [0.1, 0.15) is 5.54 Å². The summed E-state index contributed by atoms with van der Waals surface area (Å²) in [5.74, 6) is 0. The third-order valence-corrected chi connectivity index (χ3v) is 8.00. The van der Waals surface area contributed by atoms with Crippen LogP contribution < -0.4 is 5.32 Å². The largest absolute Gasteiger partial charge is 0.319 e. The highest BCUT2D eigenvalue weighted by Crippen LogP contribution is 2.40. The summed E-state index contributed by atoms with van der Waals surface area (Å²) in [7, 11) is 0. The van der Waals surface area contributed by atoms with Gasteiger partial charge in [-0.2, -0.15) is 0 Å². The summed E-state index contributed by atoms with van der Waals surface area (Å²) in [6.07, 6.45) is 17.4. The third-order valence-electron chi connectivity index (χ3n) is 8.00. The number of aryl methyl sites for hydroxylation is 1. The van der Waals surface area contributed by atoms with Crippen molar-refractivity contribution in [2.75, 3.05) is 6.54 Å². The molecule has 5 rings (SSSR count). The van der Waals surface area contributed by atoms with E-state index in [1.807, 2.05) is 6.33 Å². The molecule has 0 bridgehead atoms. The van der Waals surface area contributed by atoms with E-state index in [1.165, 1.54) is 80.2 Å². The first-order chi connectivity index (χ1) is 18.4. The van der Waals surface area contributed by atoms with Gasteiger partial charge in [0.25, 0.3) is 0 Å². The van der Waals surface area contributed by atoms with Crippen molar-refractivity contribution in [3.63, 3.8) is 0 Å². The molecule has 3 aromatic carbocycles. The lowest BCUT2D eigenvalue weighted by atomic mass is 9.77. The Morgan fingerprint density at radius 2 is 1.22 bits per heavy atom. The molecule has 1 heterocycles. The van der Waals surface area contributed by atoms with E-state index in [0.717, 1.165) is 19.0 Å². The van der Waals surface area contributed by atoms with Crippen molar-refractivity contribution in [2.45, 2.75) is 75.8 Å². The molecule has 0 aliphatic heterocycles. The molecular formula is C34H41N3. The molecule has 0 radical (unpaired) electrons. The quantitative estimate of drug-likeness (QED) is 0.132. The SMILES string of the molecule is c1ccc(C(c2ccccc2)(c2ccccc2)n2cnc(CCCCCNC3CCCCCC3)c2)cc1. The number of benzene rings is 3. The van der Waals surface area contributed by atoms with Gasteiger partial charge in [-0.3, -0.25) is 0 Å². The van der Waals surface area contributed by atoms with Crippen molar-refractivity contribution in [1.82, 2.24) is 14.9 Å². The minimum absolute atomic E-state index is 0.475. The highest BCUT2D eigenvalue weighted by atomic mass is 15.1. The smallest absolute Gasteiger partial charge is 0.121 e. The molecule has 4 aromatic rings. The molecule has 1 saturated carbocycles. The van der Waals surface area contributed by atoms with Gasteiger partial charge < -0.3 is 9.88 Å². The molecule has 3 nitrogen and oxygen atoms in total. The molecule has 192 valence electrons. The van der Waals surface area contributed by atoms with Gasteiger partial charge in [0.2, 0.25) is 0 Å². The van der Waals surface area contributed by atoms with Crippen molar-refractivity contribution in [1.29, 1.82) is 0 Å². The summed E-state index contributed by atoms with van der Waals surface area (Å²) in [5.41, 5.74) is 4.41. The fourth-order valence-electron chi connectivity index (χ4n) is 6.06. The molecule has 0 saturated heterocycles. The Bertz CT molecular complexity index is 1080. The maximum absolute atomic E-state index is 4.91. The van der Waals surface area contributed by atoms with Crippen molar-refractivity contribution in [3.05, 3.63) is 126 Å². The summed E-state index contributed by atoms with van der Waals surface area (Å²) in [5, 5.41) is 3.82. The number of nitrogens with zero attached hydrogens (tertiary/aromatic N) is 2. The second-order valence-corrected chi connectivity index (χ2v) is 10.5. The van der Waals surface area contributed by atoms with Crippen LogP contribution in [-0.2, 0) is 12.0 Å². The first-order valence-corrected chi connectivity index (χ1v) is 14.3. The number of imidazole rings is 1. The summed E-state index contributed by atoms with van der Waals surface area (Å²) in [6, 6.07) is 33.3. The van der Waals surface area contributed by atoms with Crippen LogP contribution in [0.3, 0.4) is 0 Å². The van der Waals surface area contributed by atoms with Crippen LogP contribution in [0.1, 0.15) is 80.2 Å². The molecule has 1 aromatic heterocycles. The van der Waals surface area contributed by atoms with Crippen LogP contribution in [0.5, 0.6) is 0 Å². The van der Waals surface area contributed by atoms with Gasteiger partial charge in [0, 0.05) is 12.2 Å². The average Bonchev–Trinajstić information content (AvgIpc) is 3.27. The lowest BCUT2D eigenvalue weighted by Crippen LogP contribution is -2.36. The molecule has 0 amide bonds. The van der Waals surface area contributed by atoms with E-state index in [9.17, 15) is 0 Å². The van der Waals surface area contributed by atoms with Crippen LogP contribution in [0, 0.1) is 0 Å². The Balaban J connectivity index is 1.32. The zero-order chi connectivity index (χ0) is 25.2. The summed E-state index contributed by atoms with van der Waals surface area (Å²) in [4.78, 5) is 4.91. The average molecular weight is 492 g/mol. The summed E-state index contributed by atoms with van der Waals surface area (Å²) < 4.78 is 2.33. The van der Waals surface area contributed by atoms with E-state index in [0.29, 0.717) is 0 Å². The van der Waals surface area contributed by atoms with E-state index >= 15 is 0 Å². The van der Waals surface area contributed by atoms with Crippen molar-refractivity contribution < 1.29 is 0 Å². The van der Waals surface area contributed by atoms with Crippen LogP contribution in [-0.4, -0.2) is 22.1 Å². The number of hydrogen-bond donors (Lipinski definition) is 1. The van der Waals surface area contributed by atoms with E-state index in [2.05, 4.69) is 107 Å². The van der Waals surface area contributed by atoms with Gasteiger partial charge in [-0.05, 0) is 55.3 Å².